The first kappa shape index (κ1) is 31.2. The van der Waals surface area contributed by atoms with Crippen LogP contribution in [0.1, 0.15) is 28.8 Å². The molecular weight excluding hydrogens is 649 g/mol. The number of rotatable bonds is 8. The molecule has 0 radical (unpaired) electrons. The third-order valence-electron chi connectivity index (χ3n) is 10.8. The van der Waals surface area contributed by atoms with Gasteiger partial charge in [0.05, 0.1) is 5.52 Å². The number of aryl methyl sites for hydroxylation is 1. The van der Waals surface area contributed by atoms with Gasteiger partial charge in [0.2, 0.25) is 0 Å². The summed E-state index contributed by atoms with van der Waals surface area (Å²) in [5.74, 6) is 0.415. The molecule has 1 unspecified atom stereocenters. The van der Waals surface area contributed by atoms with Gasteiger partial charge in [0.25, 0.3) is 0 Å². The molecule has 0 saturated heterocycles. The van der Waals surface area contributed by atoms with Crippen molar-refractivity contribution in [3.8, 4) is 5.69 Å². The number of para-hydroxylation sites is 3. The molecule has 3 aromatic heterocycles. The van der Waals surface area contributed by atoms with E-state index in [0.717, 1.165) is 74.9 Å². The van der Waals surface area contributed by atoms with Gasteiger partial charge in [-0.1, -0.05) is 103 Å². The molecule has 0 aliphatic heterocycles. The Bertz CT molecular complexity index is 2900. The normalized spacial score (nSPS) is 14.5. The highest BCUT2D eigenvalue weighted by atomic mass is 16.3. The van der Waals surface area contributed by atoms with Crippen LogP contribution in [0.15, 0.2) is 167 Å². The minimum atomic E-state index is 0.415. The van der Waals surface area contributed by atoms with E-state index in [-0.39, 0.29) is 0 Å². The van der Waals surface area contributed by atoms with Crippen LogP contribution in [0.3, 0.4) is 0 Å². The third-order valence-corrected chi connectivity index (χ3v) is 10.8. The van der Waals surface area contributed by atoms with Gasteiger partial charge in [-0.3, -0.25) is 0 Å². The van der Waals surface area contributed by atoms with E-state index in [1.54, 1.807) is 0 Å². The molecule has 6 aromatic carbocycles. The van der Waals surface area contributed by atoms with Crippen molar-refractivity contribution in [3.63, 3.8) is 0 Å². The Morgan fingerprint density at radius 1 is 0.660 bits per heavy atom. The van der Waals surface area contributed by atoms with Crippen LogP contribution < -0.4 is 4.90 Å². The molecule has 1 aliphatic rings. The summed E-state index contributed by atoms with van der Waals surface area (Å²) in [5.41, 5.74) is 12.0. The van der Waals surface area contributed by atoms with Gasteiger partial charge in [-0.2, -0.15) is 0 Å². The minimum Gasteiger partial charge on any atom is -0.456 e. The van der Waals surface area contributed by atoms with Gasteiger partial charge in [0, 0.05) is 63.2 Å². The van der Waals surface area contributed by atoms with Gasteiger partial charge in [0.1, 0.15) is 22.3 Å². The van der Waals surface area contributed by atoms with Crippen molar-refractivity contribution in [2.75, 3.05) is 11.4 Å². The summed E-state index contributed by atoms with van der Waals surface area (Å²) in [4.78, 5) is 2.50. The third kappa shape index (κ3) is 5.55. The maximum Gasteiger partial charge on any atom is 0.137 e. The van der Waals surface area contributed by atoms with Crippen LogP contribution in [0.5, 0.6) is 0 Å². The molecule has 256 valence electrons. The summed E-state index contributed by atoms with van der Waals surface area (Å²) in [6.07, 6.45) is 14.4. The summed E-state index contributed by atoms with van der Waals surface area (Å²) in [5, 5.41) is 5.86. The second-order valence-electron chi connectivity index (χ2n) is 14.1. The summed E-state index contributed by atoms with van der Waals surface area (Å²) in [7, 11) is 0. The molecule has 0 N–H and O–H groups in total. The Labute approximate surface area is 308 Å². The van der Waals surface area contributed by atoms with Crippen molar-refractivity contribution >= 4 is 72.6 Å². The maximum atomic E-state index is 6.49. The van der Waals surface area contributed by atoms with E-state index in [1.165, 1.54) is 33.1 Å². The highest BCUT2D eigenvalue weighted by Crippen LogP contribution is 2.37. The first-order valence-electron chi connectivity index (χ1n) is 18.5. The van der Waals surface area contributed by atoms with Gasteiger partial charge in [-0.25, -0.2) is 0 Å². The first-order chi connectivity index (χ1) is 26.2. The van der Waals surface area contributed by atoms with E-state index in [2.05, 4.69) is 174 Å². The highest BCUT2D eigenvalue weighted by molar-refractivity contribution is 6.08. The van der Waals surface area contributed by atoms with Crippen molar-refractivity contribution in [2.45, 2.75) is 19.9 Å². The zero-order valence-electron chi connectivity index (χ0n) is 29.6. The van der Waals surface area contributed by atoms with E-state index in [1.807, 2.05) is 12.1 Å². The molecular formula is C49H38N2O2. The lowest BCUT2D eigenvalue weighted by atomic mass is 9.98. The van der Waals surface area contributed by atoms with Crippen molar-refractivity contribution in [2.24, 2.45) is 5.92 Å². The standard InChI is InChI=1S/C49H38N2O2/c1-33-39-18-8-10-20-44(39)51(37-16-6-3-7-17-37)43(33)27-23-34-24-28-46-42(29-34)49-36(15-12-22-47(49)52-46)32-50(31-35-13-4-2-5-14-35)38-25-26-41-40-19-9-11-21-45(40)53-48(41)30-38/h2-13,15-30,35H,14,31-32H2,1H3/b27-23+. The Morgan fingerprint density at radius 3 is 2.32 bits per heavy atom. The first-order valence-corrected chi connectivity index (χ1v) is 18.5. The number of allylic oxidation sites excluding steroid dienone is 3. The second-order valence-corrected chi connectivity index (χ2v) is 14.1. The van der Waals surface area contributed by atoms with Crippen LogP contribution in [0.25, 0.3) is 72.6 Å². The minimum absolute atomic E-state index is 0.415. The van der Waals surface area contributed by atoms with Crippen LogP contribution in [-0.2, 0) is 6.54 Å². The van der Waals surface area contributed by atoms with Crippen LogP contribution in [0.2, 0.25) is 0 Å². The van der Waals surface area contributed by atoms with E-state index in [9.17, 15) is 0 Å². The summed E-state index contributed by atoms with van der Waals surface area (Å²) in [6, 6.07) is 47.3. The lowest BCUT2D eigenvalue weighted by Gasteiger charge is -2.29. The largest absolute Gasteiger partial charge is 0.456 e. The molecule has 53 heavy (non-hydrogen) atoms. The summed E-state index contributed by atoms with van der Waals surface area (Å²) in [6.45, 7) is 3.85. The van der Waals surface area contributed by atoms with E-state index in [0.29, 0.717) is 5.92 Å². The van der Waals surface area contributed by atoms with Crippen LogP contribution >= 0.6 is 0 Å². The SMILES string of the molecule is Cc1c(/C=C/c2ccc3oc4cccc(CN(CC5C=CC=CC5)c5ccc6c(c5)oc5ccccc56)c4c3c2)n(-c2ccccc2)c2ccccc12. The number of hydrogen-bond donors (Lipinski definition) is 0. The molecule has 4 heteroatoms. The highest BCUT2D eigenvalue weighted by Gasteiger charge is 2.20. The fourth-order valence-corrected chi connectivity index (χ4v) is 8.23. The van der Waals surface area contributed by atoms with Crippen molar-refractivity contribution in [3.05, 3.63) is 180 Å². The monoisotopic (exact) mass is 686 g/mol. The van der Waals surface area contributed by atoms with Crippen LogP contribution in [0.4, 0.5) is 5.69 Å². The molecule has 0 amide bonds. The molecule has 3 heterocycles. The van der Waals surface area contributed by atoms with Crippen LogP contribution in [-0.4, -0.2) is 11.1 Å². The zero-order valence-corrected chi connectivity index (χ0v) is 29.6. The number of fused-ring (bicyclic) bond motifs is 7. The summed E-state index contributed by atoms with van der Waals surface area (Å²) >= 11 is 0. The lowest BCUT2D eigenvalue weighted by molar-refractivity contribution is 0.615. The molecule has 4 nitrogen and oxygen atoms in total. The van der Waals surface area contributed by atoms with Crippen molar-refractivity contribution in [1.29, 1.82) is 0 Å². The quantitative estimate of drug-likeness (QED) is 0.160. The average molecular weight is 687 g/mol. The van der Waals surface area contributed by atoms with Gasteiger partial charge in [-0.05, 0) is 96.6 Å². The Kier molecular flexibility index (Phi) is 7.61. The number of benzene rings is 6. The van der Waals surface area contributed by atoms with Gasteiger partial charge >= 0.3 is 0 Å². The van der Waals surface area contributed by atoms with Crippen molar-refractivity contribution < 1.29 is 8.83 Å². The predicted molar refractivity (Wildman–Crippen MR) is 222 cm³/mol. The summed E-state index contributed by atoms with van der Waals surface area (Å²) < 4.78 is 15.2. The number of furan rings is 2. The number of hydrogen-bond acceptors (Lipinski definition) is 3. The van der Waals surface area contributed by atoms with Gasteiger partial charge in [0.15, 0.2) is 0 Å². The zero-order chi connectivity index (χ0) is 35.3. The second kappa shape index (κ2) is 12.9. The topological polar surface area (TPSA) is 34.5 Å². The number of anilines is 1. The fourth-order valence-electron chi connectivity index (χ4n) is 8.23. The Balaban J connectivity index is 1.05. The van der Waals surface area contributed by atoms with Gasteiger partial charge in [-0.15, -0.1) is 0 Å². The number of aromatic nitrogens is 1. The molecule has 1 aliphatic carbocycles. The Hall–Kier alpha value is -6.52. The van der Waals surface area contributed by atoms with Gasteiger partial charge < -0.3 is 18.3 Å². The average Bonchev–Trinajstić information content (AvgIpc) is 3.86. The molecule has 0 spiro atoms. The number of nitrogens with zero attached hydrogens (tertiary/aromatic N) is 2. The lowest BCUT2D eigenvalue weighted by Crippen LogP contribution is -2.28. The van der Waals surface area contributed by atoms with E-state index >= 15 is 0 Å². The fraction of sp³-hybridized carbons (Fsp3) is 0.102. The maximum absolute atomic E-state index is 6.49. The molecule has 0 fully saturated rings. The van der Waals surface area contributed by atoms with Crippen LogP contribution in [0, 0.1) is 12.8 Å². The van der Waals surface area contributed by atoms with E-state index in [4.69, 9.17) is 8.83 Å². The molecule has 0 saturated carbocycles. The Morgan fingerprint density at radius 2 is 1.43 bits per heavy atom. The van der Waals surface area contributed by atoms with Crippen molar-refractivity contribution in [1.82, 2.24) is 4.57 Å². The smallest absolute Gasteiger partial charge is 0.137 e. The predicted octanol–water partition coefficient (Wildman–Crippen LogP) is 13.0. The molecule has 10 rings (SSSR count). The molecule has 9 aromatic rings. The molecule has 0 bridgehead atoms. The molecule has 1 atom stereocenters. The van der Waals surface area contributed by atoms with E-state index < -0.39 is 0 Å².